The third kappa shape index (κ3) is 4.36. The molecule has 1 saturated heterocycles. The lowest BCUT2D eigenvalue weighted by Gasteiger charge is -2.17. The number of aromatic nitrogens is 2. The summed E-state index contributed by atoms with van der Waals surface area (Å²) in [6.07, 6.45) is 4.73. The summed E-state index contributed by atoms with van der Waals surface area (Å²) in [6, 6.07) is 8.46. The summed E-state index contributed by atoms with van der Waals surface area (Å²) in [5.74, 6) is 0.330. The number of carbonyl (C=O) groups is 1. The van der Waals surface area contributed by atoms with Gasteiger partial charge in [-0.3, -0.25) is 9.48 Å². The van der Waals surface area contributed by atoms with Crippen molar-refractivity contribution < 1.29 is 4.79 Å². The van der Waals surface area contributed by atoms with Gasteiger partial charge in [0.1, 0.15) is 0 Å². The van der Waals surface area contributed by atoms with Gasteiger partial charge >= 0.3 is 0 Å². The average molecular weight is 349 g/mol. The monoisotopic (exact) mass is 348 g/mol. The number of carbonyl (C=O) groups excluding carboxylic acids is 1. The molecule has 3 rings (SSSR count). The van der Waals surface area contributed by atoms with E-state index in [-0.39, 0.29) is 30.2 Å². The Labute approximate surface area is 149 Å². The number of benzene rings is 1. The van der Waals surface area contributed by atoms with Crippen molar-refractivity contribution in [3.8, 4) is 0 Å². The van der Waals surface area contributed by atoms with Crippen molar-refractivity contribution in [3.63, 3.8) is 0 Å². The topological polar surface area (TPSA) is 59.0 Å². The molecule has 1 amide bonds. The van der Waals surface area contributed by atoms with Gasteiger partial charge in [-0.1, -0.05) is 29.8 Å². The van der Waals surface area contributed by atoms with Crippen LogP contribution in [0.4, 0.5) is 0 Å². The van der Waals surface area contributed by atoms with Gasteiger partial charge in [0.25, 0.3) is 0 Å². The Morgan fingerprint density at radius 3 is 2.75 bits per heavy atom. The van der Waals surface area contributed by atoms with E-state index in [2.05, 4.69) is 46.9 Å². The van der Waals surface area contributed by atoms with Crippen molar-refractivity contribution >= 4 is 18.3 Å². The molecule has 0 radical (unpaired) electrons. The first-order valence-corrected chi connectivity index (χ1v) is 8.16. The Kier molecular flexibility index (Phi) is 6.40. The van der Waals surface area contributed by atoms with Gasteiger partial charge in [-0.2, -0.15) is 5.10 Å². The number of nitrogens with zero attached hydrogens (tertiary/aromatic N) is 2. The largest absolute Gasteiger partial charge is 0.355 e. The molecule has 130 valence electrons. The van der Waals surface area contributed by atoms with Crippen molar-refractivity contribution in [2.45, 2.75) is 19.3 Å². The normalized spacial score (nSPS) is 19.8. The molecule has 0 spiro atoms. The molecule has 2 aromatic rings. The molecule has 0 unspecified atom stereocenters. The van der Waals surface area contributed by atoms with Gasteiger partial charge in [0.15, 0.2) is 0 Å². The smallest absolute Gasteiger partial charge is 0.225 e. The van der Waals surface area contributed by atoms with Gasteiger partial charge in [0, 0.05) is 38.8 Å². The van der Waals surface area contributed by atoms with Crippen molar-refractivity contribution in [2.75, 3.05) is 19.6 Å². The van der Waals surface area contributed by atoms with Crippen LogP contribution in [-0.2, 0) is 18.3 Å². The van der Waals surface area contributed by atoms with E-state index < -0.39 is 0 Å². The van der Waals surface area contributed by atoms with E-state index >= 15 is 0 Å². The molecule has 0 saturated carbocycles. The van der Waals surface area contributed by atoms with Gasteiger partial charge in [0.2, 0.25) is 5.91 Å². The van der Waals surface area contributed by atoms with Crippen molar-refractivity contribution in [3.05, 3.63) is 53.3 Å². The molecule has 1 aliphatic rings. The molecule has 0 aliphatic carbocycles. The van der Waals surface area contributed by atoms with E-state index in [1.54, 1.807) is 4.68 Å². The summed E-state index contributed by atoms with van der Waals surface area (Å²) < 4.78 is 1.79. The lowest BCUT2D eigenvalue weighted by molar-refractivity contribution is -0.124. The second-order valence-electron chi connectivity index (χ2n) is 6.35. The molecule has 1 aromatic carbocycles. The highest BCUT2D eigenvalue weighted by molar-refractivity contribution is 5.85. The molecule has 2 atom stereocenters. The Bertz CT molecular complexity index is 668. The van der Waals surface area contributed by atoms with Crippen LogP contribution in [-0.4, -0.2) is 35.3 Å². The zero-order valence-electron chi connectivity index (χ0n) is 14.2. The first-order chi connectivity index (χ1) is 11.1. The highest BCUT2D eigenvalue weighted by Crippen LogP contribution is 2.27. The van der Waals surface area contributed by atoms with E-state index in [1.165, 1.54) is 11.1 Å². The molecular weight excluding hydrogens is 324 g/mol. The van der Waals surface area contributed by atoms with Crippen LogP contribution in [0.25, 0.3) is 0 Å². The van der Waals surface area contributed by atoms with Crippen molar-refractivity contribution in [2.24, 2.45) is 13.0 Å². The quantitative estimate of drug-likeness (QED) is 0.866. The van der Waals surface area contributed by atoms with E-state index in [1.807, 2.05) is 19.4 Å². The maximum Gasteiger partial charge on any atom is 0.225 e. The maximum absolute atomic E-state index is 12.5. The Balaban J connectivity index is 0.00000208. The lowest BCUT2D eigenvalue weighted by atomic mass is 9.90. The van der Waals surface area contributed by atoms with Gasteiger partial charge in [-0.25, -0.2) is 0 Å². The van der Waals surface area contributed by atoms with Crippen molar-refractivity contribution in [1.82, 2.24) is 20.4 Å². The number of aryl methyl sites for hydroxylation is 2. The number of halogens is 1. The highest BCUT2D eigenvalue weighted by Gasteiger charge is 2.34. The molecular formula is C18H25ClN4O. The minimum Gasteiger partial charge on any atom is -0.355 e. The molecule has 24 heavy (non-hydrogen) atoms. The highest BCUT2D eigenvalue weighted by atomic mass is 35.5. The minimum absolute atomic E-state index is 0. The molecule has 5 nitrogen and oxygen atoms in total. The van der Waals surface area contributed by atoms with E-state index in [0.717, 1.165) is 25.1 Å². The van der Waals surface area contributed by atoms with Crippen LogP contribution in [0.3, 0.4) is 0 Å². The lowest BCUT2D eigenvalue weighted by Crippen LogP contribution is -2.35. The first kappa shape index (κ1) is 18.5. The van der Waals surface area contributed by atoms with Crippen LogP contribution in [0.2, 0.25) is 0 Å². The van der Waals surface area contributed by atoms with E-state index in [4.69, 9.17) is 0 Å². The number of amides is 1. The molecule has 6 heteroatoms. The molecule has 2 heterocycles. The molecule has 1 fully saturated rings. The van der Waals surface area contributed by atoms with Crippen molar-refractivity contribution in [1.29, 1.82) is 0 Å². The molecule has 2 N–H and O–H groups in total. The number of nitrogens with one attached hydrogen (secondary N) is 2. The second-order valence-corrected chi connectivity index (χ2v) is 6.35. The second kappa shape index (κ2) is 8.31. The molecule has 0 bridgehead atoms. The van der Waals surface area contributed by atoms with Crippen LogP contribution >= 0.6 is 12.4 Å². The predicted molar refractivity (Wildman–Crippen MR) is 97.4 cm³/mol. The van der Waals surface area contributed by atoms with Gasteiger partial charge in [-0.05, 0) is 24.5 Å². The summed E-state index contributed by atoms with van der Waals surface area (Å²) >= 11 is 0. The van der Waals surface area contributed by atoms with E-state index in [9.17, 15) is 4.79 Å². The Hall–Kier alpha value is -1.85. The number of hydrogen-bond donors (Lipinski definition) is 2. The summed E-state index contributed by atoms with van der Waals surface area (Å²) in [5.41, 5.74) is 3.65. The zero-order chi connectivity index (χ0) is 16.2. The third-order valence-electron chi connectivity index (χ3n) is 4.54. The minimum atomic E-state index is -0.0165. The summed E-state index contributed by atoms with van der Waals surface area (Å²) in [5, 5.41) is 10.6. The number of rotatable bonds is 5. The average Bonchev–Trinajstić information content (AvgIpc) is 3.17. The fraction of sp³-hybridized carbons (Fsp3) is 0.444. The Morgan fingerprint density at radius 1 is 1.33 bits per heavy atom. The zero-order valence-corrected chi connectivity index (χ0v) is 15.0. The van der Waals surface area contributed by atoms with Crippen LogP contribution < -0.4 is 10.6 Å². The van der Waals surface area contributed by atoms with Gasteiger partial charge in [0.05, 0.1) is 12.1 Å². The summed E-state index contributed by atoms with van der Waals surface area (Å²) in [7, 11) is 1.91. The van der Waals surface area contributed by atoms with Gasteiger partial charge < -0.3 is 10.6 Å². The maximum atomic E-state index is 12.5. The Morgan fingerprint density at radius 2 is 2.08 bits per heavy atom. The fourth-order valence-corrected chi connectivity index (χ4v) is 3.15. The molecule has 1 aliphatic heterocycles. The van der Waals surface area contributed by atoms with Crippen LogP contribution in [0, 0.1) is 12.8 Å². The molecule has 1 aromatic heterocycles. The predicted octanol–water partition coefficient (Wildman–Crippen LogP) is 1.81. The summed E-state index contributed by atoms with van der Waals surface area (Å²) in [6.45, 7) is 4.33. The summed E-state index contributed by atoms with van der Waals surface area (Å²) in [4.78, 5) is 12.5. The van der Waals surface area contributed by atoms with Crippen LogP contribution in [0.5, 0.6) is 0 Å². The standard InChI is InChI=1S/C18H24N4O.ClH/c1-13-3-5-14(6-4-13)7-8-20-18(23)17-11-19-10-16(17)15-9-21-22(2)12-15;/h3-6,9,12,16-17,19H,7-8,10-11H2,1-2H3,(H,20,23);1H/t16-,17+;/m1./s1. The SMILES string of the molecule is Cc1ccc(CCNC(=O)[C@H]2CNC[C@@H]2c2cnn(C)c2)cc1.Cl. The van der Waals surface area contributed by atoms with E-state index in [0.29, 0.717) is 6.54 Å². The van der Waals surface area contributed by atoms with Gasteiger partial charge in [-0.15, -0.1) is 12.4 Å². The van der Waals surface area contributed by atoms with Crippen LogP contribution in [0.15, 0.2) is 36.7 Å². The number of hydrogen-bond acceptors (Lipinski definition) is 3. The third-order valence-corrected chi connectivity index (χ3v) is 4.54. The first-order valence-electron chi connectivity index (χ1n) is 8.16. The fourth-order valence-electron chi connectivity index (χ4n) is 3.15. The van der Waals surface area contributed by atoms with Crippen LogP contribution in [0.1, 0.15) is 22.6 Å².